The maximum absolute atomic E-state index is 3.46. The molecule has 2 heterocycles. The lowest BCUT2D eigenvalue weighted by atomic mass is 9.97. The molecule has 1 aliphatic carbocycles. The van der Waals surface area contributed by atoms with Crippen molar-refractivity contribution in [1.82, 2.24) is 10.2 Å². The summed E-state index contributed by atoms with van der Waals surface area (Å²) in [4.78, 5) is 2.73. The molecule has 0 bridgehead atoms. The Labute approximate surface area is 108 Å². The molecule has 0 radical (unpaired) electrons. The van der Waals surface area contributed by atoms with Crippen LogP contribution < -0.4 is 5.32 Å². The van der Waals surface area contributed by atoms with Crippen LogP contribution in [0.25, 0.3) is 0 Å². The van der Waals surface area contributed by atoms with Gasteiger partial charge in [0.15, 0.2) is 0 Å². The lowest BCUT2D eigenvalue weighted by molar-refractivity contribution is 0.190. The smallest absolute Gasteiger partial charge is 0.0245 e. The van der Waals surface area contributed by atoms with Crippen molar-refractivity contribution >= 4 is 11.3 Å². The van der Waals surface area contributed by atoms with Crippen LogP contribution in [0, 0.1) is 5.92 Å². The number of nitrogens with one attached hydrogen (secondary N) is 1. The molecule has 0 aromatic carbocycles. The van der Waals surface area contributed by atoms with Crippen molar-refractivity contribution in [2.75, 3.05) is 19.6 Å². The monoisotopic (exact) mass is 250 g/mol. The highest BCUT2D eigenvalue weighted by atomic mass is 32.1. The average Bonchev–Trinajstić information content (AvgIpc) is 3.09. The highest BCUT2D eigenvalue weighted by Crippen LogP contribution is 2.30. The number of nitrogens with zero attached hydrogens (tertiary/aromatic N) is 1. The fourth-order valence-electron chi connectivity index (χ4n) is 2.80. The third kappa shape index (κ3) is 3.30. The molecule has 0 spiro atoms. The molecule has 1 saturated carbocycles. The zero-order chi connectivity index (χ0) is 11.5. The summed E-state index contributed by atoms with van der Waals surface area (Å²) in [5.41, 5.74) is 1.51. The molecule has 0 atom stereocenters. The first-order chi connectivity index (χ1) is 8.42. The second-order valence-corrected chi connectivity index (χ2v) is 6.27. The molecular weight excluding hydrogens is 228 g/mol. The van der Waals surface area contributed by atoms with E-state index in [0.717, 1.165) is 12.0 Å². The van der Waals surface area contributed by atoms with Crippen LogP contribution in [0.2, 0.25) is 0 Å². The van der Waals surface area contributed by atoms with E-state index in [1.165, 1.54) is 57.4 Å². The molecule has 1 N–H and O–H groups in total. The number of thiophene rings is 1. The van der Waals surface area contributed by atoms with Gasteiger partial charge in [-0.05, 0) is 67.1 Å². The molecule has 94 valence electrons. The molecule has 3 heteroatoms. The van der Waals surface area contributed by atoms with Crippen molar-refractivity contribution in [3.05, 3.63) is 22.4 Å². The highest BCUT2D eigenvalue weighted by molar-refractivity contribution is 7.07. The van der Waals surface area contributed by atoms with Gasteiger partial charge in [0.05, 0.1) is 0 Å². The zero-order valence-corrected chi connectivity index (χ0v) is 11.2. The van der Waals surface area contributed by atoms with Crippen LogP contribution in [0.1, 0.15) is 31.2 Å². The predicted molar refractivity (Wildman–Crippen MR) is 73.3 cm³/mol. The van der Waals surface area contributed by atoms with E-state index in [0.29, 0.717) is 0 Å². The quantitative estimate of drug-likeness (QED) is 0.864. The topological polar surface area (TPSA) is 15.3 Å². The predicted octanol–water partition coefficient (Wildman–Crippen LogP) is 2.71. The van der Waals surface area contributed by atoms with E-state index in [9.17, 15) is 0 Å². The van der Waals surface area contributed by atoms with Crippen molar-refractivity contribution in [1.29, 1.82) is 0 Å². The van der Waals surface area contributed by atoms with Gasteiger partial charge in [-0.1, -0.05) is 0 Å². The van der Waals surface area contributed by atoms with Gasteiger partial charge in [0, 0.05) is 19.1 Å². The Morgan fingerprint density at radius 3 is 2.71 bits per heavy atom. The molecule has 2 fully saturated rings. The number of hydrogen-bond acceptors (Lipinski definition) is 3. The molecule has 0 unspecified atom stereocenters. The van der Waals surface area contributed by atoms with Crippen LogP contribution in [0.5, 0.6) is 0 Å². The van der Waals surface area contributed by atoms with Crippen molar-refractivity contribution < 1.29 is 0 Å². The fraction of sp³-hybridized carbons (Fsp3) is 0.714. The SMILES string of the molecule is c1cc(CN(CC2CCNCC2)C2CC2)cs1. The Hall–Kier alpha value is -0.380. The van der Waals surface area contributed by atoms with Crippen molar-refractivity contribution in [2.24, 2.45) is 5.92 Å². The highest BCUT2D eigenvalue weighted by Gasteiger charge is 2.30. The van der Waals surface area contributed by atoms with Gasteiger partial charge >= 0.3 is 0 Å². The van der Waals surface area contributed by atoms with E-state index in [4.69, 9.17) is 0 Å². The van der Waals surface area contributed by atoms with Gasteiger partial charge < -0.3 is 5.32 Å². The minimum atomic E-state index is 0.893. The minimum Gasteiger partial charge on any atom is -0.317 e. The van der Waals surface area contributed by atoms with Gasteiger partial charge in [-0.3, -0.25) is 4.90 Å². The largest absolute Gasteiger partial charge is 0.317 e. The van der Waals surface area contributed by atoms with Gasteiger partial charge in [-0.25, -0.2) is 0 Å². The van der Waals surface area contributed by atoms with E-state index >= 15 is 0 Å². The van der Waals surface area contributed by atoms with Crippen LogP contribution in [0.4, 0.5) is 0 Å². The first kappa shape index (κ1) is 11.7. The Kier molecular flexibility index (Phi) is 3.79. The normalized spacial score (nSPS) is 22.2. The van der Waals surface area contributed by atoms with Gasteiger partial charge in [0.1, 0.15) is 0 Å². The second-order valence-electron chi connectivity index (χ2n) is 5.49. The maximum Gasteiger partial charge on any atom is 0.0245 e. The summed E-state index contributed by atoms with van der Waals surface area (Å²) in [6.07, 6.45) is 5.59. The first-order valence-electron chi connectivity index (χ1n) is 6.87. The Balaban J connectivity index is 1.56. The molecule has 17 heavy (non-hydrogen) atoms. The van der Waals surface area contributed by atoms with Gasteiger partial charge in [-0.2, -0.15) is 11.3 Å². The summed E-state index contributed by atoms with van der Waals surface area (Å²) in [5.74, 6) is 0.926. The van der Waals surface area contributed by atoms with Gasteiger partial charge in [-0.15, -0.1) is 0 Å². The molecule has 2 nitrogen and oxygen atoms in total. The summed E-state index contributed by atoms with van der Waals surface area (Å²) in [7, 11) is 0. The molecular formula is C14H22N2S. The zero-order valence-electron chi connectivity index (χ0n) is 10.4. The molecule has 3 rings (SSSR count). The summed E-state index contributed by atoms with van der Waals surface area (Å²) >= 11 is 1.82. The average molecular weight is 250 g/mol. The Bertz CT molecular complexity index is 326. The van der Waals surface area contributed by atoms with Crippen LogP contribution in [0.15, 0.2) is 16.8 Å². The Morgan fingerprint density at radius 2 is 2.06 bits per heavy atom. The minimum absolute atomic E-state index is 0.893. The molecule has 1 saturated heterocycles. The number of hydrogen-bond donors (Lipinski definition) is 1. The summed E-state index contributed by atoms with van der Waals surface area (Å²) in [5, 5.41) is 7.96. The summed E-state index contributed by atoms with van der Waals surface area (Å²) in [6.45, 7) is 4.95. The van der Waals surface area contributed by atoms with E-state index in [2.05, 4.69) is 27.0 Å². The lowest BCUT2D eigenvalue weighted by Crippen LogP contribution is -2.36. The summed E-state index contributed by atoms with van der Waals surface area (Å²) < 4.78 is 0. The molecule has 2 aliphatic rings. The molecule has 1 aromatic heterocycles. The maximum atomic E-state index is 3.46. The third-order valence-corrected chi connectivity index (χ3v) is 4.71. The molecule has 1 aliphatic heterocycles. The van der Waals surface area contributed by atoms with E-state index in [1.807, 2.05) is 11.3 Å². The lowest BCUT2D eigenvalue weighted by Gasteiger charge is -2.30. The fourth-order valence-corrected chi connectivity index (χ4v) is 3.46. The standard InChI is InChI=1S/C14H22N2S/c1-2-14(1)16(10-13-5-8-17-11-13)9-12-3-6-15-7-4-12/h5,8,11-12,14-15H,1-4,6-7,9-10H2. The van der Waals surface area contributed by atoms with E-state index < -0.39 is 0 Å². The summed E-state index contributed by atoms with van der Waals surface area (Å²) in [6, 6.07) is 3.17. The number of rotatable bonds is 5. The van der Waals surface area contributed by atoms with Crippen LogP contribution >= 0.6 is 11.3 Å². The van der Waals surface area contributed by atoms with E-state index in [-0.39, 0.29) is 0 Å². The van der Waals surface area contributed by atoms with Gasteiger partial charge in [0.2, 0.25) is 0 Å². The van der Waals surface area contributed by atoms with Crippen LogP contribution in [-0.2, 0) is 6.54 Å². The van der Waals surface area contributed by atoms with E-state index in [1.54, 1.807) is 0 Å². The van der Waals surface area contributed by atoms with Crippen molar-refractivity contribution in [3.63, 3.8) is 0 Å². The number of piperidine rings is 1. The van der Waals surface area contributed by atoms with Crippen molar-refractivity contribution in [3.8, 4) is 0 Å². The Morgan fingerprint density at radius 1 is 1.24 bits per heavy atom. The van der Waals surface area contributed by atoms with Crippen LogP contribution in [0.3, 0.4) is 0 Å². The van der Waals surface area contributed by atoms with Gasteiger partial charge in [0.25, 0.3) is 0 Å². The van der Waals surface area contributed by atoms with Crippen molar-refractivity contribution in [2.45, 2.75) is 38.3 Å². The first-order valence-corrected chi connectivity index (χ1v) is 7.82. The van der Waals surface area contributed by atoms with Crippen LogP contribution in [-0.4, -0.2) is 30.6 Å². The second kappa shape index (κ2) is 5.51. The molecule has 0 amide bonds. The molecule has 1 aromatic rings. The third-order valence-electron chi connectivity index (χ3n) is 3.98.